The van der Waals surface area contributed by atoms with Crippen LogP contribution in [0.1, 0.15) is 28.9 Å². The molecular formula is C24H21N3O3S. The van der Waals surface area contributed by atoms with Gasteiger partial charge >= 0.3 is 0 Å². The lowest BCUT2D eigenvalue weighted by atomic mass is 10.1. The highest BCUT2D eigenvalue weighted by molar-refractivity contribution is 7.99. The number of nitrogens with one attached hydrogen (secondary N) is 2. The lowest BCUT2D eigenvalue weighted by molar-refractivity contribution is -0.113. The molecule has 2 amide bonds. The van der Waals surface area contributed by atoms with Crippen molar-refractivity contribution in [3.63, 3.8) is 0 Å². The number of hydrogen-bond acceptors (Lipinski definition) is 5. The van der Waals surface area contributed by atoms with Gasteiger partial charge in [0.1, 0.15) is 5.52 Å². The van der Waals surface area contributed by atoms with Gasteiger partial charge in [-0.1, -0.05) is 66.4 Å². The van der Waals surface area contributed by atoms with Gasteiger partial charge in [0, 0.05) is 0 Å². The van der Waals surface area contributed by atoms with E-state index in [2.05, 4.69) is 15.6 Å². The van der Waals surface area contributed by atoms with Crippen LogP contribution in [0.5, 0.6) is 0 Å². The molecule has 0 radical (unpaired) electrons. The summed E-state index contributed by atoms with van der Waals surface area (Å²) in [4.78, 5) is 29.7. The second kappa shape index (κ2) is 9.49. The predicted octanol–water partition coefficient (Wildman–Crippen LogP) is 5.05. The first-order valence-electron chi connectivity index (χ1n) is 9.83. The fourth-order valence-electron chi connectivity index (χ4n) is 3.12. The molecule has 7 heteroatoms. The number of rotatable bonds is 7. The number of aromatic nitrogens is 1. The standard InChI is InChI=1S/C24H21N3O3S/c1-16(17-9-3-2-4-10-17)25-23(29)18-11-5-6-12-19(18)26-22(28)15-31-24-27-20-13-7-8-14-21(20)30-24/h2-14,16H,15H2,1H3,(H,25,29)(H,26,28)/t16-/m0/s1. The third kappa shape index (κ3) is 5.13. The number of amides is 2. The molecule has 4 aromatic rings. The molecule has 2 N–H and O–H groups in total. The number of carbonyl (C=O) groups is 2. The summed E-state index contributed by atoms with van der Waals surface area (Å²) in [7, 11) is 0. The predicted molar refractivity (Wildman–Crippen MR) is 122 cm³/mol. The van der Waals surface area contributed by atoms with Gasteiger partial charge in [-0.25, -0.2) is 4.98 Å². The van der Waals surface area contributed by atoms with Gasteiger partial charge in [0.15, 0.2) is 5.58 Å². The molecule has 0 spiro atoms. The second-order valence-corrected chi connectivity index (χ2v) is 7.86. The van der Waals surface area contributed by atoms with Crippen molar-refractivity contribution in [2.45, 2.75) is 18.2 Å². The van der Waals surface area contributed by atoms with Gasteiger partial charge in [0.2, 0.25) is 5.91 Å². The van der Waals surface area contributed by atoms with Crippen LogP contribution in [-0.4, -0.2) is 22.6 Å². The first-order valence-corrected chi connectivity index (χ1v) is 10.8. The Morgan fingerprint density at radius 3 is 2.48 bits per heavy atom. The Hall–Kier alpha value is -3.58. The molecule has 1 aromatic heterocycles. The fraction of sp³-hybridized carbons (Fsp3) is 0.125. The van der Waals surface area contributed by atoms with E-state index < -0.39 is 0 Å². The molecule has 0 unspecified atom stereocenters. The van der Waals surface area contributed by atoms with Crippen molar-refractivity contribution in [2.75, 3.05) is 11.1 Å². The van der Waals surface area contributed by atoms with Crippen LogP contribution in [0.2, 0.25) is 0 Å². The minimum absolute atomic E-state index is 0.114. The molecule has 156 valence electrons. The van der Waals surface area contributed by atoms with E-state index in [4.69, 9.17) is 4.42 Å². The lowest BCUT2D eigenvalue weighted by Crippen LogP contribution is -2.28. The zero-order valence-corrected chi connectivity index (χ0v) is 17.7. The Morgan fingerprint density at radius 2 is 1.68 bits per heavy atom. The summed E-state index contributed by atoms with van der Waals surface area (Å²) in [6.07, 6.45) is 0. The fourth-order valence-corrected chi connectivity index (χ4v) is 3.75. The van der Waals surface area contributed by atoms with E-state index in [0.717, 1.165) is 11.1 Å². The molecule has 0 aliphatic carbocycles. The van der Waals surface area contributed by atoms with Crippen molar-refractivity contribution in [1.29, 1.82) is 0 Å². The SMILES string of the molecule is C[C@H](NC(=O)c1ccccc1NC(=O)CSc1nc2ccccc2o1)c1ccccc1. The molecule has 0 aliphatic rings. The number of para-hydroxylation sites is 3. The van der Waals surface area contributed by atoms with Crippen molar-refractivity contribution in [3.05, 3.63) is 90.0 Å². The van der Waals surface area contributed by atoms with Gasteiger partial charge in [-0.05, 0) is 36.8 Å². The van der Waals surface area contributed by atoms with Crippen molar-refractivity contribution in [2.24, 2.45) is 0 Å². The van der Waals surface area contributed by atoms with Crippen molar-refractivity contribution >= 4 is 40.4 Å². The van der Waals surface area contributed by atoms with E-state index in [1.807, 2.05) is 61.5 Å². The molecule has 31 heavy (non-hydrogen) atoms. The normalized spacial score (nSPS) is 11.8. The number of hydrogen-bond donors (Lipinski definition) is 2. The first-order chi connectivity index (χ1) is 15.1. The second-order valence-electron chi connectivity index (χ2n) is 6.94. The van der Waals surface area contributed by atoms with E-state index in [-0.39, 0.29) is 23.6 Å². The lowest BCUT2D eigenvalue weighted by Gasteiger charge is -2.16. The number of fused-ring (bicyclic) bond motifs is 1. The maximum absolute atomic E-state index is 12.8. The molecule has 0 aliphatic heterocycles. The summed E-state index contributed by atoms with van der Waals surface area (Å²) in [6, 6.07) is 23.9. The van der Waals surface area contributed by atoms with Crippen LogP contribution in [0.4, 0.5) is 5.69 Å². The van der Waals surface area contributed by atoms with Crippen LogP contribution in [0.15, 0.2) is 88.5 Å². The molecule has 6 nitrogen and oxygen atoms in total. The number of carbonyl (C=O) groups excluding carboxylic acids is 2. The molecule has 0 fully saturated rings. The summed E-state index contributed by atoms with van der Waals surface area (Å²) in [5.41, 5.74) is 3.31. The van der Waals surface area contributed by atoms with Crippen LogP contribution in [0.3, 0.4) is 0 Å². The number of thioether (sulfide) groups is 1. The van der Waals surface area contributed by atoms with Crippen molar-refractivity contribution in [1.82, 2.24) is 10.3 Å². The largest absolute Gasteiger partial charge is 0.431 e. The van der Waals surface area contributed by atoms with Crippen LogP contribution in [0, 0.1) is 0 Å². The minimum atomic E-state index is -0.251. The maximum Gasteiger partial charge on any atom is 0.257 e. The zero-order valence-electron chi connectivity index (χ0n) is 16.9. The van der Waals surface area contributed by atoms with E-state index in [1.54, 1.807) is 24.3 Å². The molecule has 0 saturated heterocycles. The van der Waals surface area contributed by atoms with E-state index in [0.29, 0.717) is 22.1 Å². The highest BCUT2D eigenvalue weighted by Crippen LogP contribution is 2.24. The van der Waals surface area contributed by atoms with Gasteiger partial charge in [-0.2, -0.15) is 0 Å². The summed E-state index contributed by atoms with van der Waals surface area (Å²) in [5, 5.41) is 6.23. The highest BCUT2D eigenvalue weighted by Gasteiger charge is 2.16. The Morgan fingerprint density at radius 1 is 0.968 bits per heavy atom. The minimum Gasteiger partial charge on any atom is -0.431 e. The van der Waals surface area contributed by atoms with E-state index >= 15 is 0 Å². The third-order valence-electron chi connectivity index (χ3n) is 4.69. The summed E-state index contributed by atoms with van der Waals surface area (Å²) < 4.78 is 5.62. The van der Waals surface area contributed by atoms with Crippen LogP contribution in [-0.2, 0) is 4.79 Å². The monoisotopic (exact) mass is 431 g/mol. The number of nitrogens with zero attached hydrogens (tertiary/aromatic N) is 1. The van der Waals surface area contributed by atoms with Crippen molar-refractivity contribution < 1.29 is 14.0 Å². The quantitative estimate of drug-likeness (QED) is 0.400. The number of benzene rings is 3. The average molecular weight is 432 g/mol. The van der Waals surface area contributed by atoms with Crippen LogP contribution >= 0.6 is 11.8 Å². The first kappa shape index (κ1) is 20.7. The van der Waals surface area contributed by atoms with Crippen LogP contribution < -0.4 is 10.6 Å². The van der Waals surface area contributed by atoms with Crippen molar-refractivity contribution in [3.8, 4) is 0 Å². The van der Waals surface area contributed by atoms with E-state index in [1.165, 1.54) is 11.8 Å². The summed E-state index contributed by atoms with van der Waals surface area (Å²) in [5.74, 6) is -0.383. The molecule has 3 aromatic carbocycles. The van der Waals surface area contributed by atoms with Crippen LogP contribution in [0.25, 0.3) is 11.1 Å². The molecule has 1 heterocycles. The topological polar surface area (TPSA) is 84.2 Å². The third-order valence-corrected chi connectivity index (χ3v) is 5.52. The molecule has 0 bridgehead atoms. The Bertz CT molecular complexity index is 1170. The Balaban J connectivity index is 1.39. The summed E-state index contributed by atoms with van der Waals surface area (Å²) in [6.45, 7) is 1.92. The zero-order chi connectivity index (χ0) is 21.6. The Labute approximate surface area is 184 Å². The van der Waals surface area contributed by atoms with E-state index in [9.17, 15) is 9.59 Å². The average Bonchev–Trinajstić information content (AvgIpc) is 3.22. The summed E-state index contributed by atoms with van der Waals surface area (Å²) >= 11 is 1.21. The maximum atomic E-state index is 12.8. The number of anilines is 1. The number of oxazole rings is 1. The van der Waals surface area contributed by atoms with Gasteiger partial charge in [-0.3, -0.25) is 9.59 Å². The molecule has 4 rings (SSSR count). The highest BCUT2D eigenvalue weighted by atomic mass is 32.2. The molecular weight excluding hydrogens is 410 g/mol. The Kier molecular flexibility index (Phi) is 6.33. The molecule has 1 atom stereocenters. The van der Waals surface area contributed by atoms with Gasteiger partial charge in [0.25, 0.3) is 11.1 Å². The van der Waals surface area contributed by atoms with Gasteiger partial charge in [-0.15, -0.1) is 0 Å². The smallest absolute Gasteiger partial charge is 0.257 e. The van der Waals surface area contributed by atoms with Gasteiger partial charge in [0.05, 0.1) is 23.0 Å². The molecule has 0 saturated carbocycles. The van der Waals surface area contributed by atoms with Gasteiger partial charge < -0.3 is 15.1 Å².